The summed E-state index contributed by atoms with van der Waals surface area (Å²) in [4.78, 5) is 58.5. The van der Waals surface area contributed by atoms with E-state index >= 15 is 0 Å². The van der Waals surface area contributed by atoms with E-state index in [2.05, 4.69) is 167 Å². The lowest BCUT2D eigenvalue weighted by Gasteiger charge is -2.21. The first-order valence-electron chi connectivity index (χ1n) is 37.1. The molecule has 0 aliphatic heterocycles. The Morgan fingerprint density at radius 1 is 0.299 bits per heavy atom. The number of unbranched alkanes of at least 4 members (excludes halogenated alkanes) is 22. The molecule has 5 unspecified atom stereocenters. The van der Waals surface area contributed by atoms with E-state index in [0.717, 1.165) is 161 Å². The van der Waals surface area contributed by atoms with Crippen molar-refractivity contribution in [1.82, 2.24) is 0 Å². The molecule has 5 atom stereocenters. The van der Waals surface area contributed by atoms with Gasteiger partial charge in [-0.1, -0.05) is 269 Å². The summed E-state index contributed by atoms with van der Waals surface area (Å²) in [5.74, 6) is -1.64. The van der Waals surface area contributed by atoms with Gasteiger partial charge in [-0.25, -0.2) is 9.13 Å². The van der Waals surface area contributed by atoms with Crippen LogP contribution >= 0.6 is 15.6 Å². The molecule has 0 saturated carbocycles. The number of allylic oxidation sites excluding steroid dienone is 24. The number of hydrogen-bond donors (Lipinski definition) is 4. The van der Waals surface area contributed by atoms with Crippen LogP contribution in [0.4, 0.5) is 0 Å². The quantitative estimate of drug-likeness (QED) is 0.0146. The summed E-state index contributed by atoms with van der Waals surface area (Å²) in [6, 6.07) is 0. The van der Waals surface area contributed by atoms with Gasteiger partial charge < -0.3 is 34.2 Å². The topological polar surface area (TPSA) is 231 Å². The van der Waals surface area contributed by atoms with Gasteiger partial charge in [0.05, 0.1) is 26.4 Å². The van der Waals surface area contributed by atoms with E-state index in [1.807, 2.05) is 0 Å². The van der Waals surface area contributed by atoms with Crippen molar-refractivity contribution >= 4 is 33.6 Å². The first-order valence-corrected chi connectivity index (χ1v) is 40.1. The summed E-state index contributed by atoms with van der Waals surface area (Å²) >= 11 is 0. The minimum absolute atomic E-state index is 0.0768. The SMILES string of the molecule is CC/C=C\C/C=C\C/C=C\C/C=C\C/C=C\CCCCCCCCCCCCCCCC(=O)OCC(O)COP(=O)(O)OCC(O)COP(=O)(O)OCC(COC(=O)CCCCC/C=C\C/C=C\C/C=C\C/C=C\C/C=C\CC)OC(=O)CCCCCCC/C=C\C/C=C\CCC. The Bertz CT molecular complexity index is 2350. The third-order valence-corrected chi connectivity index (χ3v) is 16.9. The van der Waals surface area contributed by atoms with Crippen LogP contribution in [0.1, 0.15) is 278 Å². The Balaban J connectivity index is 4.52. The molecule has 0 rings (SSSR count). The number of esters is 3. The van der Waals surface area contributed by atoms with Gasteiger partial charge in [0.1, 0.15) is 25.4 Å². The van der Waals surface area contributed by atoms with E-state index in [4.69, 9.17) is 32.3 Å². The maximum Gasteiger partial charge on any atom is 0.472 e. The molecule has 0 spiro atoms. The molecule has 16 nitrogen and oxygen atoms in total. The van der Waals surface area contributed by atoms with E-state index in [1.54, 1.807) is 0 Å². The molecule has 0 aromatic carbocycles. The third kappa shape index (κ3) is 72.5. The zero-order valence-corrected chi connectivity index (χ0v) is 62.0. The van der Waals surface area contributed by atoms with Crippen LogP contribution in [0.15, 0.2) is 146 Å². The molecule has 0 aliphatic rings. The first kappa shape index (κ1) is 92.4. The van der Waals surface area contributed by atoms with Crippen LogP contribution in [0.25, 0.3) is 0 Å². The minimum atomic E-state index is -4.94. The van der Waals surface area contributed by atoms with E-state index in [-0.39, 0.29) is 19.3 Å². The van der Waals surface area contributed by atoms with Crippen LogP contribution in [-0.2, 0) is 55.8 Å². The number of hydrogen-bond acceptors (Lipinski definition) is 14. The Kier molecular flexibility index (Phi) is 67.9. The van der Waals surface area contributed by atoms with Crippen LogP contribution in [-0.4, -0.2) is 95.9 Å². The summed E-state index contributed by atoms with van der Waals surface area (Å²) in [6.07, 6.45) is 86.2. The first-order chi connectivity index (χ1) is 47.2. The van der Waals surface area contributed by atoms with Gasteiger partial charge in [-0.05, 0) is 135 Å². The van der Waals surface area contributed by atoms with Gasteiger partial charge in [-0.3, -0.25) is 32.5 Å². The average molecular weight is 1400 g/mol. The Morgan fingerprint density at radius 2 is 0.546 bits per heavy atom. The molecule has 0 fully saturated rings. The van der Waals surface area contributed by atoms with E-state index in [0.29, 0.717) is 19.3 Å². The van der Waals surface area contributed by atoms with Crippen molar-refractivity contribution in [3.8, 4) is 0 Å². The molecule has 554 valence electrons. The molecular formula is C79H132O16P2. The maximum absolute atomic E-state index is 12.9. The lowest BCUT2D eigenvalue weighted by Crippen LogP contribution is -2.30. The van der Waals surface area contributed by atoms with Crippen molar-refractivity contribution in [2.24, 2.45) is 0 Å². The summed E-state index contributed by atoms with van der Waals surface area (Å²) < 4.78 is 60.9. The number of carbonyl (C=O) groups excluding carboxylic acids is 3. The lowest BCUT2D eigenvalue weighted by molar-refractivity contribution is -0.161. The summed E-state index contributed by atoms with van der Waals surface area (Å²) in [6.45, 7) is 2.31. The highest BCUT2D eigenvalue weighted by atomic mass is 31.2. The van der Waals surface area contributed by atoms with Gasteiger partial charge in [-0.2, -0.15) is 0 Å². The van der Waals surface area contributed by atoms with Gasteiger partial charge in [0.15, 0.2) is 6.10 Å². The van der Waals surface area contributed by atoms with Gasteiger partial charge in [0, 0.05) is 19.3 Å². The average Bonchev–Trinajstić information content (AvgIpc) is 1.64. The molecule has 0 aromatic rings. The summed E-state index contributed by atoms with van der Waals surface area (Å²) in [5.41, 5.74) is 0. The zero-order chi connectivity index (χ0) is 70.9. The molecular weight excluding hydrogens is 1270 g/mol. The number of aliphatic hydroxyl groups excluding tert-OH is 2. The third-order valence-electron chi connectivity index (χ3n) is 15.0. The molecule has 97 heavy (non-hydrogen) atoms. The fourth-order valence-electron chi connectivity index (χ4n) is 9.43. The maximum atomic E-state index is 12.9. The van der Waals surface area contributed by atoms with Gasteiger partial charge >= 0.3 is 33.6 Å². The van der Waals surface area contributed by atoms with Crippen molar-refractivity contribution in [3.63, 3.8) is 0 Å². The summed E-state index contributed by atoms with van der Waals surface area (Å²) in [7, 11) is -9.80. The minimum Gasteiger partial charge on any atom is -0.463 e. The zero-order valence-electron chi connectivity index (χ0n) is 60.2. The van der Waals surface area contributed by atoms with E-state index in [9.17, 15) is 43.5 Å². The van der Waals surface area contributed by atoms with Crippen molar-refractivity contribution in [2.75, 3.05) is 39.6 Å². The number of aliphatic hydroxyl groups is 2. The largest absolute Gasteiger partial charge is 0.472 e. The molecule has 18 heteroatoms. The molecule has 0 aromatic heterocycles. The van der Waals surface area contributed by atoms with Crippen molar-refractivity contribution in [2.45, 2.75) is 296 Å². The molecule has 0 heterocycles. The second kappa shape index (κ2) is 71.3. The van der Waals surface area contributed by atoms with Crippen molar-refractivity contribution < 1.29 is 75.8 Å². The fourth-order valence-corrected chi connectivity index (χ4v) is 11.0. The fraction of sp³-hybridized carbons (Fsp3) is 0.658. The second-order valence-corrected chi connectivity index (χ2v) is 27.2. The predicted molar refractivity (Wildman–Crippen MR) is 399 cm³/mol. The van der Waals surface area contributed by atoms with Crippen LogP contribution in [0, 0.1) is 0 Å². The summed E-state index contributed by atoms with van der Waals surface area (Å²) in [5, 5.41) is 20.6. The van der Waals surface area contributed by atoms with Crippen LogP contribution in [0.2, 0.25) is 0 Å². The van der Waals surface area contributed by atoms with Gasteiger partial charge in [0.25, 0.3) is 0 Å². The molecule has 0 saturated heterocycles. The highest BCUT2D eigenvalue weighted by Crippen LogP contribution is 2.45. The van der Waals surface area contributed by atoms with Crippen LogP contribution in [0.3, 0.4) is 0 Å². The Labute approximate surface area is 587 Å². The Morgan fingerprint density at radius 3 is 0.876 bits per heavy atom. The molecule has 0 aliphatic carbocycles. The monoisotopic (exact) mass is 1400 g/mol. The lowest BCUT2D eigenvalue weighted by atomic mass is 10.0. The molecule has 0 radical (unpaired) electrons. The Hall–Kier alpha value is -4.57. The van der Waals surface area contributed by atoms with Gasteiger partial charge in [0.2, 0.25) is 0 Å². The van der Waals surface area contributed by atoms with E-state index in [1.165, 1.54) is 57.8 Å². The second-order valence-electron chi connectivity index (χ2n) is 24.3. The highest BCUT2D eigenvalue weighted by molar-refractivity contribution is 7.47. The van der Waals surface area contributed by atoms with E-state index < -0.39 is 91.5 Å². The van der Waals surface area contributed by atoms with Crippen molar-refractivity contribution in [3.05, 3.63) is 146 Å². The molecule has 0 bridgehead atoms. The van der Waals surface area contributed by atoms with Crippen molar-refractivity contribution in [1.29, 1.82) is 0 Å². The number of phosphoric ester groups is 2. The normalized spacial score (nSPS) is 14.9. The molecule has 4 N–H and O–H groups in total. The molecule has 0 amide bonds. The number of rotatable bonds is 69. The van der Waals surface area contributed by atoms with Crippen LogP contribution in [0.5, 0.6) is 0 Å². The highest BCUT2D eigenvalue weighted by Gasteiger charge is 2.29. The smallest absolute Gasteiger partial charge is 0.463 e. The predicted octanol–water partition coefficient (Wildman–Crippen LogP) is 21.3. The number of carbonyl (C=O) groups is 3. The standard InChI is InChI=1S/C79H132O16P2/c1-4-7-10-13-16-19-22-25-27-29-31-32-33-34-35-36-37-38-39-40-42-44-45-48-50-53-56-59-62-65-77(82)89-68-74(80)69-91-96(85,86)92-70-75(81)71-93-97(87,88)94-73-76(95-79(84)67-64-61-58-55-52-47-24-21-18-15-12-9-6-3)72-90-78(83)66-63-60-57-54-51-49-46-43-41-30-28-26-23-20-17-14-11-8-5-2/h7-8,10-12,15-17,19-21,24-28,31-32,34-35,41,43,49,51,74-76,80-81H,4-6,9,13-14,18,22-23,29-30,33,36-40,42,44-48,50,52-73H2,1-3H3,(H,85,86)(H,87,88)/b10-7-,11-8-,15-12-,19-16-,20-17-,24-21-,27-25-,28-26-,32-31-,35-34-,43-41-,51-49-. The number of phosphoric acid groups is 2. The number of ether oxygens (including phenoxy) is 3. The van der Waals surface area contributed by atoms with Gasteiger partial charge in [-0.15, -0.1) is 0 Å². The van der Waals surface area contributed by atoms with Crippen LogP contribution < -0.4 is 0 Å².